The first-order chi connectivity index (χ1) is 6.34. The van der Waals surface area contributed by atoms with Gasteiger partial charge in [-0.25, -0.2) is 0 Å². The van der Waals surface area contributed by atoms with Gasteiger partial charge in [-0.2, -0.15) is 0 Å². The van der Waals surface area contributed by atoms with Crippen LogP contribution in [0.25, 0.3) is 0 Å². The van der Waals surface area contributed by atoms with Crippen molar-refractivity contribution >= 4 is 0 Å². The molecule has 2 rings (SSSR count). The third-order valence-corrected chi connectivity index (χ3v) is 3.73. The van der Waals surface area contributed by atoms with Crippen molar-refractivity contribution in [3.05, 3.63) is 11.6 Å². The molecule has 0 spiro atoms. The van der Waals surface area contributed by atoms with Crippen LogP contribution in [-0.4, -0.2) is 0 Å². The molecule has 1 saturated carbocycles. The Morgan fingerprint density at radius 2 is 2.23 bits per heavy atom. The Morgan fingerprint density at radius 1 is 1.31 bits per heavy atom. The summed E-state index contributed by atoms with van der Waals surface area (Å²) in [5.74, 6) is 2.04. The average molecular weight is 178 g/mol. The van der Waals surface area contributed by atoms with Crippen molar-refractivity contribution < 1.29 is 0 Å². The third-order valence-electron chi connectivity index (χ3n) is 3.73. The van der Waals surface area contributed by atoms with Crippen molar-refractivity contribution in [3.63, 3.8) is 0 Å². The summed E-state index contributed by atoms with van der Waals surface area (Å²) in [5.41, 5.74) is 1.78. The van der Waals surface area contributed by atoms with E-state index in [1.165, 1.54) is 51.4 Å². The van der Waals surface area contributed by atoms with Gasteiger partial charge in [0.2, 0.25) is 0 Å². The molecular weight excluding hydrogens is 156 g/mol. The van der Waals surface area contributed by atoms with Crippen LogP contribution < -0.4 is 0 Å². The minimum Gasteiger partial charge on any atom is -0.0853 e. The minimum absolute atomic E-state index is 1.00. The van der Waals surface area contributed by atoms with E-state index in [2.05, 4.69) is 13.0 Å². The topological polar surface area (TPSA) is 0 Å². The van der Waals surface area contributed by atoms with E-state index in [1.807, 2.05) is 0 Å². The van der Waals surface area contributed by atoms with Crippen molar-refractivity contribution in [1.82, 2.24) is 0 Å². The van der Waals surface area contributed by atoms with Crippen molar-refractivity contribution in [2.24, 2.45) is 11.8 Å². The van der Waals surface area contributed by atoms with Crippen LogP contribution in [0.2, 0.25) is 0 Å². The highest BCUT2D eigenvalue weighted by molar-refractivity contribution is 5.08. The normalized spacial score (nSPS) is 34.7. The predicted octanol–water partition coefficient (Wildman–Crippen LogP) is 4.31. The minimum atomic E-state index is 1.00. The number of hydrogen-bond acceptors (Lipinski definition) is 0. The highest BCUT2D eigenvalue weighted by atomic mass is 14.3. The Bertz CT molecular complexity index is 190. The zero-order valence-electron chi connectivity index (χ0n) is 8.89. The molecule has 2 aliphatic carbocycles. The van der Waals surface area contributed by atoms with Gasteiger partial charge in [0.1, 0.15) is 0 Å². The maximum atomic E-state index is 2.50. The summed E-state index contributed by atoms with van der Waals surface area (Å²) in [6.45, 7) is 2.43. The molecule has 0 N–H and O–H groups in total. The second-order valence-electron chi connectivity index (χ2n) is 5.10. The van der Waals surface area contributed by atoms with Crippen LogP contribution in [0.15, 0.2) is 11.6 Å². The van der Waals surface area contributed by atoms with Crippen LogP contribution in [0, 0.1) is 11.8 Å². The van der Waals surface area contributed by atoms with E-state index < -0.39 is 0 Å². The standard InChI is InChI=1S/C13H22/c1-11-5-4-8-13(9-11)10-12-6-2-3-7-12/h6,11,13H,2-5,7-10H2,1H3. The maximum Gasteiger partial charge on any atom is -0.0292 e. The molecule has 0 aromatic carbocycles. The molecule has 0 amide bonds. The number of allylic oxidation sites excluding steroid dienone is 2. The van der Waals surface area contributed by atoms with Gasteiger partial charge in [-0.15, -0.1) is 0 Å². The van der Waals surface area contributed by atoms with E-state index in [1.54, 1.807) is 5.57 Å². The van der Waals surface area contributed by atoms with Crippen molar-refractivity contribution in [1.29, 1.82) is 0 Å². The van der Waals surface area contributed by atoms with E-state index >= 15 is 0 Å². The molecule has 13 heavy (non-hydrogen) atoms. The van der Waals surface area contributed by atoms with Gasteiger partial charge < -0.3 is 0 Å². The van der Waals surface area contributed by atoms with Crippen LogP contribution in [0.3, 0.4) is 0 Å². The van der Waals surface area contributed by atoms with E-state index in [9.17, 15) is 0 Å². The molecule has 0 aromatic heterocycles. The number of hydrogen-bond donors (Lipinski definition) is 0. The molecule has 0 bridgehead atoms. The first kappa shape index (κ1) is 9.30. The first-order valence-corrected chi connectivity index (χ1v) is 6.02. The largest absolute Gasteiger partial charge is 0.0853 e. The first-order valence-electron chi connectivity index (χ1n) is 6.02. The van der Waals surface area contributed by atoms with Crippen LogP contribution in [-0.2, 0) is 0 Å². The lowest BCUT2D eigenvalue weighted by molar-refractivity contribution is 0.280. The quantitative estimate of drug-likeness (QED) is 0.553. The van der Waals surface area contributed by atoms with Gasteiger partial charge in [-0.3, -0.25) is 0 Å². The molecular formula is C13H22. The van der Waals surface area contributed by atoms with Crippen LogP contribution in [0.5, 0.6) is 0 Å². The molecule has 0 nitrogen and oxygen atoms in total. The van der Waals surface area contributed by atoms with Gasteiger partial charge in [-0.05, 0) is 43.9 Å². The summed E-state index contributed by atoms with van der Waals surface area (Å²) in [6.07, 6.45) is 14.1. The number of rotatable bonds is 2. The Morgan fingerprint density at radius 3 is 2.92 bits per heavy atom. The second kappa shape index (κ2) is 4.30. The second-order valence-corrected chi connectivity index (χ2v) is 5.10. The molecule has 0 saturated heterocycles. The van der Waals surface area contributed by atoms with Gasteiger partial charge >= 0.3 is 0 Å². The molecule has 0 aromatic rings. The van der Waals surface area contributed by atoms with Crippen molar-refractivity contribution in [2.45, 2.75) is 58.3 Å². The lowest BCUT2D eigenvalue weighted by Gasteiger charge is -2.27. The van der Waals surface area contributed by atoms with Crippen LogP contribution >= 0.6 is 0 Å². The summed E-state index contributed by atoms with van der Waals surface area (Å²) in [7, 11) is 0. The van der Waals surface area contributed by atoms with Crippen molar-refractivity contribution in [3.8, 4) is 0 Å². The summed E-state index contributed by atoms with van der Waals surface area (Å²) < 4.78 is 0. The van der Waals surface area contributed by atoms with E-state index in [0.29, 0.717) is 0 Å². The van der Waals surface area contributed by atoms with E-state index in [-0.39, 0.29) is 0 Å². The molecule has 2 unspecified atom stereocenters. The lowest BCUT2D eigenvalue weighted by Crippen LogP contribution is -2.13. The van der Waals surface area contributed by atoms with Crippen molar-refractivity contribution in [2.75, 3.05) is 0 Å². The molecule has 0 heteroatoms. The summed E-state index contributed by atoms with van der Waals surface area (Å²) in [6, 6.07) is 0. The fourth-order valence-electron chi connectivity index (χ4n) is 3.04. The summed E-state index contributed by atoms with van der Waals surface area (Å²) in [4.78, 5) is 0. The molecule has 2 aliphatic rings. The van der Waals surface area contributed by atoms with Gasteiger partial charge in [0.25, 0.3) is 0 Å². The fraction of sp³-hybridized carbons (Fsp3) is 0.846. The Kier molecular flexibility index (Phi) is 3.08. The zero-order valence-corrected chi connectivity index (χ0v) is 8.89. The maximum absolute atomic E-state index is 2.50. The van der Waals surface area contributed by atoms with Crippen LogP contribution in [0.4, 0.5) is 0 Å². The van der Waals surface area contributed by atoms with E-state index in [4.69, 9.17) is 0 Å². The molecule has 0 heterocycles. The monoisotopic (exact) mass is 178 g/mol. The van der Waals surface area contributed by atoms with Gasteiger partial charge in [0.05, 0.1) is 0 Å². The van der Waals surface area contributed by atoms with Gasteiger partial charge in [0, 0.05) is 0 Å². The molecule has 74 valence electrons. The smallest absolute Gasteiger partial charge is 0.0292 e. The van der Waals surface area contributed by atoms with Gasteiger partial charge in [0.15, 0.2) is 0 Å². The SMILES string of the molecule is CC1CCCC(CC2=CCCC2)C1. The Hall–Kier alpha value is -0.260. The Balaban J connectivity index is 1.80. The van der Waals surface area contributed by atoms with Crippen LogP contribution in [0.1, 0.15) is 58.3 Å². The molecule has 0 aliphatic heterocycles. The average Bonchev–Trinajstić information content (AvgIpc) is 2.57. The molecule has 1 fully saturated rings. The Labute approximate surface area is 82.4 Å². The zero-order chi connectivity index (χ0) is 9.10. The van der Waals surface area contributed by atoms with E-state index in [0.717, 1.165) is 11.8 Å². The highest BCUT2D eigenvalue weighted by Crippen LogP contribution is 2.35. The molecule has 2 atom stereocenters. The van der Waals surface area contributed by atoms with Gasteiger partial charge in [-0.1, -0.05) is 37.8 Å². The lowest BCUT2D eigenvalue weighted by atomic mass is 9.79. The summed E-state index contributed by atoms with van der Waals surface area (Å²) >= 11 is 0. The molecule has 0 radical (unpaired) electrons. The predicted molar refractivity (Wildman–Crippen MR) is 57.7 cm³/mol. The highest BCUT2D eigenvalue weighted by Gasteiger charge is 2.20. The third kappa shape index (κ3) is 2.59. The summed E-state index contributed by atoms with van der Waals surface area (Å²) in [5, 5.41) is 0. The fourth-order valence-corrected chi connectivity index (χ4v) is 3.04.